The van der Waals surface area contributed by atoms with Crippen molar-refractivity contribution in [1.29, 1.82) is 0 Å². The average Bonchev–Trinajstić information content (AvgIpc) is 2.41. The van der Waals surface area contributed by atoms with E-state index in [2.05, 4.69) is 45.7 Å². The van der Waals surface area contributed by atoms with Crippen molar-refractivity contribution in [2.75, 3.05) is 12.4 Å². The summed E-state index contributed by atoms with van der Waals surface area (Å²) in [5.74, 6) is 1.81. The second-order valence-corrected chi connectivity index (χ2v) is 5.22. The van der Waals surface area contributed by atoms with Crippen molar-refractivity contribution < 1.29 is 4.74 Å². The second-order valence-electron chi connectivity index (χ2n) is 3.94. The average molecular weight is 324 g/mol. The number of thiol groups is 1. The summed E-state index contributed by atoms with van der Waals surface area (Å²) >= 11 is 7.76. The maximum atomic E-state index is 5.75. The molecule has 0 spiro atoms. The van der Waals surface area contributed by atoms with Gasteiger partial charge in [-0.25, -0.2) is 0 Å². The van der Waals surface area contributed by atoms with E-state index in [4.69, 9.17) is 4.74 Å². The lowest BCUT2D eigenvalue weighted by Gasteiger charge is -2.15. The molecule has 1 atom stereocenters. The van der Waals surface area contributed by atoms with Crippen molar-refractivity contribution in [2.24, 2.45) is 0 Å². The number of aromatic nitrogens is 1. The van der Waals surface area contributed by atoms with Crippen molar-refractivity contribution in [3.8, 4) is 5.75 Å². The van der Waals surface area contributed by atoms with Crippen LogP contribution >= 0.6 is 28.6 Å². The first-order chi connectivity index (χ1) is 8.79. The van der Waals surface area contributed by atoms with Gasteiger partial charge in [0.2, 0.25) is 0 Å². The number of benzene rings is 1. The highest BCUT2D eigenvalue weighted by atomic mass is 79.9. The molecule has 0 saturated carbocycles. The Labute approximate surface area is 121 Å². The van der Waals surface area contributed by atoms with Gasteiger partial charge in [0.25, 0.3) is 0 Å². The van der Waals surface area contributed by atoms with Crippen LogP contribution in [-0.2, 0) is 0 Å². The number of rotatable bonds is 5. The van der Waals surface area contributed by atoms with Gasteiger partial charge >= 0.3 is 0 Å². The van der Waals surface area contributed by atoms with Crippen LogP contribution in [0.2, 0.25) is 0 Å². The van der Waals surface area contributed by atoms with Crippen molar-refractivity contribution in [3.05, 3.63) is 58.8 Å². The number of hydrogen-bond donors (Lipinski definition) is 1. The van der Waals surface area contributed by atoms with Crippen LogP contribution in [0.4, 0.5) is 0 Å². The van der Waals surface area contributed by atoms with E-state index in [9.17, 15) is 0 Å². The molecular formula is C14H14BrNOS. The van der Waals surface area contributed by atoms with Crippen LogP contribution in [0.3, 0.4) is 0 Å². The van der Waals surface area contributed by atoms with Crippen LogP contribution in [-0.4, -0.2) is 17.3 Å². The van der Waals surface area contributed by atoms with Gasteiger partial charge in [-0.05, 0) is 27.6 Å². The van der Waals surface area contributed by atoms with Crippen LogP contribution in [0.25, 0.3) is 0 Å². The van der Waals surface area contributed by atoms with E-state index in [1.807, 2.05) is 24.3 Å². The van der Waals surface area contributed by atoms with E-state index in [1.54, 1.807) is 12.4 Å². The van der Waals surface area contributed by atoms with E-state index in [-0.39, 0.29) is 5.92 Å². The largest absolute Gasteiger partial charge is 0.491 e. The summed E-state index contributed by atoms with van der Waals surface area (Å²) in [5.41, 5.74) is 1.25. The normalized spacial score (nSPS) is 12.1. The number of hydrogen-bond acceptors (Lipinski definition) is 3. The molecule has 1 aromatic heterocycles. The van der Waals surface area contributed by atoms with Gasteiger partial charge in [0.1, 0.15) is 5.75 Å². The van der Waals surface area contributed by atoms with E-state index < -0.39 is 0 Å². The molecule has 0 aliphatic rings. The summed E-state index contributed by atoms with van der Waals surface area (Å²) in [6.45, 7) is 0.603. The van der Waals surface area contributed by atoms with Gasteiger partial charge in [-0.2, -0.15) is 12.6 Å². The molecule has 0 fully saturated rings. The molecule has 18 heavy (non-hydrogen) atoms. The maximum absolute atomic E-state index is 5.75. The summed E-state index contributed by atoms with van der Waals surface area (Å²) in [6, 6.07) is 12.2. The molecule has 0 aliphatic carbocycles. The fraction of sp³-hybridized carbons (Fsp3) is 0.214. The molecule has 94 valence electrons. The van der Waals surface area contributed by atoms with Gasteiger partial charge in [-0.3, -0.25) is 4.98 Å². The molecule has 0 bridgehead atoms. The monoisotopic (exact) mass is 323 g/mol. The van der Waals surface area contributed by atoms with E-state index in [1.165, 1.54) is 5.56 Å². The highest BCUT2D eigenvalue weighted by Crippen LogP contribution is 2.21. The van der Waals surface area contributed by atoms with Crippen LogP contribution in [0.5, 0.6) is 5.75 Å². The summed E-state index contributed by atoms with van der Waals surface area (Å²) in [6.07, 6.45) is 3.45. The van der Waals surface area contributed by atoms with Crippen LogP contribution in [0.15, 0.2) is 53.3 Å². The van der Waals surface area contributed by atoms with Gasteiger partial charge in [-0.15, -0.1) is 0 Å². The molecule has 2 rings (SSSR count). The highest BCUT2D eigenvalue weighted by Gasteiger charge is 2.10. The first-order valence-corrected chi connectivity index (χ1v) is 7.11. The number of halogens is 1. The Morgan fingerprint density at radius 1 is 1.22 bits per heavy atom. The number of nitrogens with zero attached hydrogens (tertiary/aromatic N) is 1. The Bertz CT molecular complexity index is 492. The summed E-state index contributed by atoms with van der Waals surface area (Å²) in [4.78, 5) is 4.07. The zero-order valence-corrected chi connectivity index (χ0v) is 12.3. The molecule has 0 saturated heterocycles. The van der Waals surface area contributed by atoms with Crippen LogP contribution < -0.4 is 4.74 Å². The zero-order valence-electron chi connectivity index (χ0n) is 9.79. The van der Waals surface area contributed by atoms with E-state index in [0.717, 1.165) is 16.0 Å². The van der Waals surface area contributed by atoms with Gasteiger partial charge < -0.3 is 4.74 Å². The summed E-state index contributed by atoms with van der Waals surface area (Å²) < 4.78 is 6.67. The quantitative estimate of drug-likeness (QED) is 0.842. The van der Waals surface area contributed by atoms with Crippen molar-refractivity contribution in [1.82, 2.24) is 4.98 Å². The van der Waals surface area contributed by atoms with E-state index >= 15 is 0 Å². The Hall–Kier alpha value is -1.00. The first kappa shape index (κ1) is 13.4. The standard InChI is InChI=1S/C14H14BrNOS/c15-13-6-14(8-16-7-13)17-9-12(10-18)11-4-2-1-3-5-11/h1-8,12,18H,9-10H2. The third kappa shape index (κ3) is 3.75. The van der Waals surface area contributed by atoms with Gasteiger partial charge in [-0.1, -0.05) is 30.3 Å². The van der Waals surface area contributed by atoms with Crippen molar-refractivity contribution >= 4 is 28.6 Å². The lowest BCUT2D eigenvalue weighted by atomic mass is 10.0. The Kier molecular flexibility index (Phi) is 5.08. The predicted molar refractivity (Wildman–Crippen MR) is 80.5 cm³/mol. The molecule has 0 aliphatic heterocycles. The third-order valence-corrected chi connectivity index (χ3v) is 3.50. The maximum Gasteiger partial charge on any atom is 0.138 e. The highest BCUT2D eigenvalue weighted by molar-refractivity contribution is 9.10. The topological polar surface area (TPSA) is 22.1 Å². The Balaban J connectivity index is 2.00. The van der Waals surface area contributed by atoms with Crippen molar-refractivity contribution in [3.63, 3.8) is 0 Å². The molecule has 0 N–H and O–H groups in total. The fourth-order valence-electron chi connectivity index (χ4n) is 1.65. The molecule has 1 unspecified atom stereocenters. The third-order valence-electron chi connectivity index (χ3n) is 2.62. The summed E-state index contributed by atoms with van der Waals surface area (Å²) in [5, 5.41) is 0. The number of pyridine rings is 1. The molecule has 4 heteroatoms. The van der Waals surface area contributed by atoms with Crippen LogP contribution in [0.1, 0.15) is 11.5 Å². The molecule has 1 heterocycles. The SMILES string of the molecule is SCC(COc1cncc(Br)c1)c1ccccc1. The smallest absolute Gasteiger partial charge is 0.138 e. The molecule has 2 aromatic rings. The minimum atomic E-state index is 0.286. The van der Waals surface area contributed by atoms with Gasteiger partial charge in [0.15, 0.2) is 0 Å². The second kappa shape index (κ2) is 6.81. The minimum Gasteiger partial charge on any atom is -0.491 e. The van der Waals surface area contributed by atoms with Crippen LogP contribution in [0, 0.1) is 0 Å². The molecular weight excluding hydrogens is 310 g/mol. The lowest BCUT2D eigenvalue weighted by Crippen LogP contribution is -2.12. The predicted octanol–water partition coefficient (Wildman–Crippen LogP) is 3.94. The molecule has 0 amide bonds. The number of ether oxygens (including phenoxy) is 1. The van der Waals surface area contributed by atoms with Gasteiger partial charge in [0, 0.05) is 22.3 Å². The minimum absolute atomic E-state index is 0.286. The van der Waals surface area contributed by atoms with E-state index in [0.29, 0.717) is 6.61 Å². The Morgan fingerprint density at radius 3 is 2.67 bits per heavy atom. The summed E-state index contributed by atoms with van der Waals surface area (Å²) in [7, 11) is 0. The van der Waals surface area contributed by atoms with Gasteiger partial charge in [0.05, 0.1) is 12.8 Å². The molecule has 0 radical (unpaired) electrons. The Morgan fingerprint density at radius 2 is 2.00 bits per heavy atom. The zero-order chi connectivity index (χ0) is 12.8. The first-order valence-electron chi connectivity index (χ1n) is 5.68. The fourth-order valence-corrected chi connectivity index (χ4v) is 2.31. The lowest BCUT2D eigenvalue weighted by molar-refractivity contribution is 0.296. The van der Waals surface area contributed by atoms with Crippen molar-refractivity contribution in [2.45, 2.75) is 5.92 Å². The molecule has 2 nitrogen and oxygen atoms in total. The molecule has 1 aromatic carbocycles.